The van der Waals surface area contributed by atoms with Gasteiger partial charge in [-0.25, -0.2) is 4.98 Å². The Labute approximate surface area is 115 Å². The maximum atomic E-state index is 5.95. The molecule has 1 N–H and O–H groups in total. The molecule has 2 atom stereocenters. The van der Waals surface area contributed by atoms with E-state index in [1.165, 1.54) is 12.8 Å². The number of likely N-dealkylation sites (N-methyl/N-ethyl adjacent to an activating group) is 1. The summed E-state index contributed by atoms with van der Waals surface area (Å²) in [6.07, 6.45) is 6.52. The third-order valence-corrected chi connectivity index (χ3v) is 3.75. The van der Waals surface area contributed by atoms with Crippen LogP contribution in [-0.4, -0.2) is 40.6 Å². The van der Waals surface area contributed by atoms with Crippen LogP contribution in [0.5, 0.6) is 0 Å². The second kappa shape index (κ2) is 7.01. The minimum Gasteiger partial charge on any atom is -0.377 e. The van der Waals surface area contributed by atoms with Crippen LogP contribution in [0.3, 0.4) is 0 Å². The third kappa shape index (κ3) is 3.76. The van der Waals surface area contributed by atoms with Gasteiger partial charge in [-0.2, -0.15) is 5.10 Å². The second-order valence-corrected chi connectivity index (χ2v) is 5.26. The van der Waals surface area contributed by atoms with Gasteiger partial charge in [-0.3, -0.25) is 4.68 Å². The fourth-order valence-electron chi connectivity index (χ4n) is 2.62. The topological polar surface area (TPSA) is 52.0 Å². The normalized spacial score (nSPS) is 18.5. The van der Waals surface area contributed by atoms with Gasteiger partial charge in [0.25, 0.3) is 0 Å². The molecule has 5 nitrogen and oxygen atoms in total. The van der Waals surface area contributed by atoms with E-state index in [4.69, 9.17) is 4.74 Å². The average Bonchev–Trinajstić information content (AvgIpc) is 3.16. The number of ether oxygens (including phenoxy) is 1. The molecule has 108 valence electrons. The maximum absolute atomic E-state index is 5.95. The summed E-state index contributed by atoms with van der Waals surface area (Å²) < 4.78 is 7.96. The number of aryl methyl sites for hydroxylation is 1. The minimum absolute atomic E-state index is 0.307. The highest BCUT2D eigenvalue weighted by Gasteiger charge is 2.37. The molecule has 0 aromatic carbocycles. The minimum atomic E-state index is 0.307. The lowest BCUT2D eigenvalue weighted by Crippen LogP contribution is -2.43. The van der Waals surface area contributed by atoms with Gasteiger partial charge < -0.3 is 10.1 Å². The predicted molar refractivity (Wildman–Crippen MR) is 75.0 cm³/mol. The lowest BCUT2D eigenvalue weighted by molar-refractivity contribution is 0.0204. The van der Waals surface area contributed by atoms with Crippen LogP contribution in [0.15, 0.2) is 6.33 Å². The maximum Gasteiger partial charge on any atom is 0.138 e. The largest absolute Gasteiger partial charge is 0.377 e. The van der Waals surface area contributed by atoms with Gasteiger partial charge in [0.05, 0.1) is 6.10 Å². The van der Waals surface area contributed by atoms with Crippen molar-refractivity contribution >= 4 is 0 Å². The number of hydrogen-bond donors (Lipinski definition) is 1. The quantitative estimate of drug-likeness (QED) is 0.738. The van der Waals surface area contributed by atoms with Gasteiger partial charge in [0.15, 0.2) is 0 Å². The van der Waals surface area contributed by atoms with Crippen LogP contribution in [-0.2, 0) is 17.7 Å². The summed E-state index contributed by atoms with van der Waals surface area (Å²) in [6.45, 7) is 5.95. The van der Waals surface area contributed by atoms with Crippen LogP contribution in [0, 0.1) is 5.92 Å². The zero-order valence-electron chi connectivity index (χ0n) is 12.3. The Balaban J connectivity index is 2.02. The highest BCUT2D eigenvalue weighted by Crippen LogP contribution is 2.36. The molecule has 1 aromatic heterocycles. The Morgan fingerprint density at radius 3 is 2.84 bits per heavy atom. The van der Waals surface area contributed by atoms with Gasteiger partial charge in [-0.1, -0.05) is 6.92 Å². The van der Waals surface area contributed by atoms with Crippen molar-refractivity contribution in [2.75, 3.05) is 13.7 Å². The summed E-state index contributed by atoms with van der Waals surface area (Å²) in [5, 5.41) is 7.71. The number of hydrogen-bond acceptors (Lipinski definition) is 4. The van der Waals surface area contributed by atoms with Crippen molar-refractivity contribution in [2.45, 2.75) is 58.2 Å². The molecule has 2 unspecified atom stereocenters. The first kappa shape index (κ1) is 14.5. The van der Waals surface area contributed by atoms with Crippen LogP contribution >= 0.6 is 0 Å². The summed E-state index contributed by atoms with van der Waals surface area (Å²) in [5.41, 5.74) is 0. The van der Waals surface area contributed by atoms with E-state index in [0.717, 1.165) is 37.7 Å². The SMILES string of the molecule is CCCn1ncnc1CC(NC)C(OCC)C1CC1. The molecule has 1 saturated carbocycles. The Morgan fingerprint density at radius 2 is 2.26 bits per heavy atom. The molecule has 0 saturated heterocycles. The van der Waals surface area contributed by atoms with Crippen molar-refractivity contribution < 1.29 is 4.74 Å². The fourth-order valence-corrected chi connectivity index (χ4v) is 2.62. The molecular weight excluding hydrogens is 240 g/mol. The Kier molecular flexibility index (Phi) is 5.34. The van der Waals surface area contributed by atoms with Gasteiger partial charge in [-0.05, 0) is 39.2 Å². The molecule has 1 fully saturated rings. The van der Waals surface area contributed by atoms with Crippen LogP contribution in [0.1, 0.15) is 38.9 Å². The summed E-state index contributed by atoms with van der Waals surface area (Å²) in [4.78, 5) is 4.40. The summed E-state index contributed by atoms with van der Waals surface area (Å²) in [7, 11) is 2.01. The van der Waals surface area contributed by atoms with E-state index in [9.17, 15) is 0 Å². The number of nitrogens with zero attached hydrogens (tertiary/aromatic N) is 3. The summed E-state index contributed by atoms with van der Waals surface area (Å²) in [6, 6.07) is 0.326. The lowest BCUT2D eigenvalue weighted by atomic mass is 10.0. The van der Waals surface area contributed by atoms with Crippen molar-refractivity contribution in [1.82, 2.24) is 20.1 Å². The average molecular weight is 266 g/mol. The molecule has 0 amide bonds. The highest BCUT2D eigenvalue weighted by molar-refractivity contribution is 4.97. The summed E-state index contributed by atoms with van der Waals surface area (Å²) >= 11 is 0. The molecule has 1 heterocycles. The summed E-state index contributed by atoms with van der Waals surface area (Å²) in [5.74, 6) is 1.78. The highest BCUT2D eigenvalue weighted by atomic mass is 16.5. The molecule has 0 spiro atoms. The third-order valence-electron chi connectivity index (χ3n) is 3.75. The lowest BCUT2D eigenvalue weighted by Gasteiger charge is -2.26. The monoisotopic (exact) mass is 266 g/mol. The first-order chi connectivity index (χ1) is 9.30. The van der Waals surface area contributed by atoms with Gasteiger partial charge in [-0.15, -0.1) is 0 Å². The molecule has 19 heavy (non-hydrogen) atoms. The van der Waals surface area contributed by atoms with Gasteiger partial charge in [0, 0.05) is 25.6 Å². The van der Waals surface area contributed by atoms with E-state index in [2.05, 4.69) is 29.2 Å². The first-order valence-electron chi connectivity index (χ1n) is 7.45. The van der Waals surface area contributed by atoms with E-state index in [0.29, 0.717) is 12.1 Å². The predicted octanol–water partition coefficient (Wildman–Crippen LogP) is 1.63. The van der Waals surface area contributed by atoms with Crippen LogP contribution in [0.25, 0.3) is 0 Å². The molecule has 2 rings (SSSR count). The van der Waals surface area contributed by atoms with Gasteiger partial charge >= 0.3 is 0 Å². The number of nitrogens with one attached hydrogen (secondary N) is 1. The Morgan fingerprint density at radius 1 is 1.47 bits per heavy atom. The molecule has 0 radical (unpaired) electrons. The van der Waals surface area contributed by atoms with Crippen LogP contribution < -0.4 is 5.32 Å². The van der Waals surface area contributed by atoms with Crippen molar-refractivity contribution in [2.24, 2.45) is 5.92 Å². The molecule has 0 aliphatic heterocycles. The van der Waals surface area contributed by atoms with Crippen molar-refractivity contribution in [1.29, 1.82) is 0 Å². The molecular formula is C14H26N4O. The first-order valence-corrected chi connectivity index (χ1v) is 7.45. The number of rotatable bonds is 9. The molecule has 1 aliphatic carbocycles. The van der Waals surface area contributed by atoms with E-state index >= 15 is 0 Å². The van der Waals surface area contributed by atoms with Gasteiger partial charge in [0.1, 0.15) is 12.2 Å². The van der Waals surface area contributed by atoms with E-state index in [1.807, 2.05) is 11.7 Å². The van der Waals surface area contributed by atoms with E-state index in [1.54, 1.807) is 6.33 Å². The van der Waals surface area contributed by atoms with Crippen LogP contribution in [0.4, 0.5) is 0 Å². The second-order valence-electron chi connectivity index (χ2n) is 5.26. The smallest absolute Gasteiger partial charge is 0.138 e. The number of aromatic nitrogens is 3. The zero-order valence-corrected chi connectivity index (χ0v) is 12.3. The van der Waals surface area contributed by atoms with E-state index < -0.39 is 0 Å². The molecule has 5 heteroatoms. The van der Waals surface area contributed by atoms with Crippen molar-refractivity contribution in [3.63, 3.8) is 0 Å². The van der Waals surface area contributed by atoms with Crippen LogP contribution in [0.2, 0.25) is 0 Å². The van der Waals surface area contributed by atoms with E-state index in [-0.39, 0.29) is 0 Å². The zero-order chi connectivity index (χ0) is 13.7. The van der Waals surface area contributed by atoms with Crippen molar-refractivity contribution in [3.8, 4) is 0 Å². The standard InChI is InChI=1S/C14H26N4O/c1-4-8-18-13(16-10-17-18)9-12(15-3)14(19-5-2)11-6-7-11/h10-12,14-15H,4-9H2,1-3H3. The fraction of sp³-hybridized carbons (Fsp3) is 0.857. The Bertz CT molecular complexity index is 375. The molecule has 1 aromatic rings. The Hall–Kier alpha value is -0.940. The molecule has 1 aliphatic rings. The van der Waals surface area contributed by atoms with Gasteiger partial charge in [0.2, 0.25) is 0 Å². The molecule has 0 bridgehead atoms. The van der Waals surface area contributed by atoms with Crippen molar-refractivity contribution in [3.05, 3.63) is 12.2 Å².